The van der Waals surface area contributed by atoms with Crippen LogP contribution < -0.4 is 40.9 Å². The van der Waals surface area contributed by atoms with Crippen LogP contribution in [0.5, 0.6) is 0 Å². The van der Waals surface area contributed by atoms with Gasteiger partial charge < -0.3 is 40.9 Å². The number of fused-ring (bicyclic) bond motifs is 20. The minimum absolute atomic E-state index is 0.0494. The van der Waals surface area contributed by atoms with Gasteiger partial charge >= 0.3 is 0 Å². The normalized spacial score (nSPS) is 12.5. The minimum atomic E-state index is -0.109. The molecule has 4 N–H and O–H groups in total. The molecule has 8 heterocycles. The van der Waals surface area contributed by atoms with E-state index in [4.69, 9.17) is 0 Å². The number of unbranched alkanes of at least 4 members (excludes halogenated alkanes) is 4. The van der Waals surface area contributed by atoms with Crippen LogP contribution in [0.4, 0.5) is 22.7 Å². The van der Waals surface area contributed by atoms with Gasteiger partial charge in [-0.25, -0.2) is 18.7 Å². The summed E-state index contributed by atoms with van der Waals surface area (Å²) >= 11 is 0. The van der Waals surface area contributed by atoms with E-state index in [1.807, 2.05) is 203 Å². The monoisotopic (exact) mass is 2010 g/mol. The number of benzene rings is 8. The van der Waals surface area contributed by atoms with Crippen molar-refractivity contribution >= 4 is 70.0 Å². The van der Waals surface area contributed by atoms with Crippen LogP contribution in [0.2, 0.25) is 0 Å². The fourth-order valence-corrected chi connectivity index (χ4v) is 19.4. The fourth-order valence-electron chi connectivity index (χ4n) is 19.4. The van der Waals surface area contributed by atoms with E-state index in [2.05, 4.69) is 188 Å². The van der Waals surface area contributed by atoms with Crippen molar-refractivity contribution in [3.05, 3.63) is 216 Å². The SMILES string of the molecule is CC(C)CCCCn1nnc2c1-c1ccccc1CN(C(=O)CCC(=O)NC(C)C)c1ccccc1-2.CC(C)CCCCn1nnc2c1-c1ccccc1CN(C(=O)CCC(=O)NCCC(C)C)c1ccccc1-2.CC(C)CCCCn1nnc2c1-c1ccccc1CN(C(=O)CCC(=O)NCCC(C)C)c1ccccc1-2.CC(C)CCCCn1nnc2c1-c1ccccc1N(C(=O)CCC(=O)NC(C)C)Cc1ccccc1-2. The van der Waals surface area contributed by atoms with Crippen molar-refractivity contribution < 1.29 is 38.4 Å². The minimum Gasteiger partial charge on any atom is -0.356 e. The van der Waals surface area contributed by atoms with Crippen LogP contribution >= 0.6 is 0 Å². The average molecular weight is 2010 g/mol. The first-order valence-corrected chi connectivity index (χ1v) is 54.2. The first kappa shape index (κ1) is 111. The standard InChI is InChI=1S/2C31H41N5O2.2C29H37N5O2/c2*1-22(2)11-9-10-20-36-31-25-13-6-5-12-24(25)21-35(27-15-8-7-14-26(27)30(31)33-34-36)29(38)17-16-28(37)32-19-18-23(3)4;1-20(2)11-9-10-18-34-29-23-13-6-5-12-22(23)19-33(27(36)17-16-26(35)30-21(3)4)25-15-8-7-14-24(25)28(29)31-32-34;1-20(2)11-9-10-18-34-29-24-14-7-8-15-25(24)33(27(36)17-16-26(35)30-21(3)4)19-22-12-5-6-13-23(22)28(29)31-32-34/h2*5-8,12-15,22-23H,9-11,16-21H2,1-4H3,(H,32,37);2*5-8,12-15,20-21H,9-11,16-19H2,1-4H3,(H,30,35). The summed E-state index contributed by atoms with van der Waals surface area (Å²) in [6, 6.07) is 64.4. The van der Waals surface area contributed by atoms with Crippen LogP contribution in [0.3, 0.4) is 0 Å². The van der Waals surface area contributed by atoms with E-state index in [0.717, 1.165) is 225 Å². The van der Waals surface area contributed by atoms with Crippen molar-refractivity contribution in [2.24, 2.45) is 35.5 Å². The quantitative estimate of drug-likeness (QED) is 0.0259. The van der Waals surface area contributed by atoms with Gasteiger partial charge in [0.2, 0.25) is 47.3 Å². The maximum Gasteiger partial charge on any atom is 0.227 e. The Labute approximate surface area is 875 Å². The molecule has 0 atom stereocenters. The second-order valence-corrected chi connectivity index (χ2v) is 42.7. The molecule has 4 aliphatic rings. The molecule has 0 saturated carbocycles. The first-order valence-electron chi connectivity index (χ1n) is 54.2. The Morgan fingerprint density at radius 2 is 0.459 bits per heavy atom. The molecule has 12 aromatic rings. The Kier molecular flexibility index (Phi) is 41.1. The van der Waals surface area contributed by atoms with E-state index < -0.39 is 0 Å². The van der Waals surface area contributed by atoms with Crippen LogP contribution in [-0.2, 0) is 90.7 Å². The molecule has 0 saturated heterocycles. The van der Waals surface area contributed by atoms with Crippen molar-refractivity contribution in [3.63, 3.8) is 0 Å². The second kappa shape index (κ2) is 54.7. The zero-order chi connectivity index (χ0) is 105. The molecular weight excluding hydrogens is 1850 g/mol. The molecule has 28 heteroatoms. The van der Waals surface area contributed by atoms with Crippen molar-refractivity contribution in [1.82, 2.24) is 81.2 Å². The Balaban J connectivity index is 0.000000165. The Morgan fingerprint density at radius 1 is 0.243 bits per heavy atom. The molecule has 8 aromatic carbocycles. The molecule has 0 aliphatic carbocycles. The lowest BCUT2D eigenvalue weighted by Crippen LogP contribution is -2.34. The van der Waals surface area contributed by atoms with Gasteiger partial charge in [0.05, 0.1) is 71.7 Å². The van der Waals surface area contributed by atoms with Crippen LogP contribution in [0.15, 0.2) is 194 Å². The van der Waals surface area contributed by atoms with Crippen LogP contribution in [-0.4, -0.2) is 132 Å². The van der Waals surface area contributed by atoms with E-state index in [9.17, 15) is 38.4 Å². The number of amides is 8. The molecule has 4 aliphatic heterocycles. The summed E-state index contributed by atoms with van der Waals surface area (Å²) in [4.78, 5) is 111. The number of anilines is 4. The van der Waals surface area contributed by atoms with Gasteiger partial charge in [0.1, 0.15) is 22.8 Å². The van der Waals surface area contributed by atoms with Gasteiger partial charge in [-0.1, -0.05) is 325 Å². The molecule has 0 radical (unpaired) electrons. The number of rotatable bonds is 40. The molecule has 148 heavy (non-hydrogen) atoms. The fraction of sp³-hybridized carbons (Fsp3) is 0.467. The van der Waals surface area contributed by atoms with Crippen LogP contribution in [0, 0.1) is 35.5 Å². The smallest absolute Gasteiger partial charge is 0.227 e. The maximum absolute atomic E-state index is 13.6. The summed E-state index contributed by atoms with van der Waals surface area (Å²) in [6.07, 6.45) is 16.6. The van der Waals surface area contributed by atoms with Gasteiger partial charge in [-0.3, -0.25) is 38.4 Å². The highest BCUT2D eigenvalue weighted by Gasteiger charge is 2.36. The van der Waals surface area contributed by atoms with E-state index in [0.29, 0.717) is 74.8 Å². The lowest BCUT2D eigenvalue weighted by atomic mass is 9.95. The maximum atomic E-state index is 13.6. The van der Waals surface area contributed by atoms with Gasteiger partial charge in [0.25, 0.3) is 0 Å². The molecule has 28 nitrogen and oxygen atoms in total. The van der Waals surface area contributed by atoms with E-state index in [-0.39, 0.29) is 111 Å². The number of hydrogen-bond donors (Lipinski definition) is 4. The summed E-state index contributed by atoms with van der Waals surface area (Å²) in [5.41, 5.74) is 22.3. The largest absolute Gasteiger partial charge is 0.356 e. The zero-order valence-corrected chi connectivity index (χ0v) is 90.1. The third-order valence-electron chi connectivity index (χ3n) is 27.2. The van der Waals surface area contributed by atoms with Crippen molar-refractivity contribution in [1.29, 1.82) is 0 Å². The summed E-state index contributed by atoms with van der Waals surface area (Å²) in [5, 5.41) is 48.4. The molecule has 0 unspecified atom stereocenters. The zero-order valence-electron chi connectivity index (χ0n) is 90.1. The summed E-state index contributed by atoms with van der Waals surface area (Å²) in [6.45, 7) is 40.4. The van der Waals surface area contributed by atoms with Crippen molar-refractivity contribution in [2.75, 3.05) is 32.7 Å². The molecule has 784 valence electrons. The van der Waals surface area contributed by atoms with Gasteiger partial charge in [-0.2, -0.15) is 0 Å². The Hall–Kier alpha value is -13.9. The van der Waals surface area contributed by atoms with Gasteiger partial charge in [-0.05, 0) is 148 Å². The highest BCUT2D eigenvalue weighted by atomic mass is 16.2. The highest BCUT2D eigenvalue weighted by Crippen LogP contribution is 2.47. The third-order valence-corrected chi connectivity index (χ3v) is 27.2. The van der Waals surface area contributed by atoms with Crippen LogP contribution in [0.1, 0.15) is 274 Å². The van der Waals surface area contributed by atoms with E-state index >= 15 is 0 Å². The summed E-state index contributed by atoms with van der Waals surface area (Å²) in [7, 11) is 0. The average Bonchev–Trinajstić information content (AvgIpc) is 1.58. The van der Waals surface area contributed by atoms with Crippen LogP contribution in [0.25, 0.3) is 90.1 Å². The number of nitrogens with one attached hydrogen (secondary N) is 4. The van der Waals surface area contributed by atoms with Gasteiger partial charge in [-0.15, -0.1) is 20.4 Å². The predicted octanol–water partition coefficient (Wildman–Crippen LogP) is 23.6. The number of hydrogen-bond acceptors (Lipinski definition) is 16. The third kappa shape index (κ3) is 30.2. The number of carbonyl (C=O) groups is 8. The molecule has 4 aromatic heterocycles. The van der Waals surface area contributed by atoms with Crippen molar-refractivity contribution in [2.45, 2.75) is 316 Å². The van der Waals surface area contributed by atoms with E-state index in [1.165, 1.54) is 25.7 Å². The number of aromatic nitrogens is 12. The topological polar surface area (TPSA) is 320 Å². The number of aryl methyl sites for hydroxylation is 4. The number of para-hydroxylation sites is 4. The highest BCUT2D eigenvalue weighted by molar-refractivity contribution is 6.05. The predicted molar refractivity (Wildman–Crippen MR) is 592 cm³/mol. The van der Waals surface area contributed by atoms with Gasteiger partial charge in [0.15, 0.2) is 0 Å². The number of carbonyl (C=O) groups excluding carboxylic acids is 8. The summed E-state index contributed by atoms with van der Waals surface area (Å²) in [5.74, 6) is 3.11. The van der Waals surface area contributed by atoms with Crippen molar-refractivity contribution in [3.8, 4) is 90.1 Å². The van der Waals surface area contributed by atoms with E-state index in [1.54, 1.807) is 14.7 Å². The molecule has 0 bridgehead atoms. The van der Waals surface area contributed by atoms with Gasteiger partial charge in [0, 0.05) is 147 Å². The molecule has 0 fully saturated rings. The Bertz CT molecular complexity index is 6260. The molecule has 0 spiro atoms. The lowest BCUT2D eigenvalue weighted by molar-refractivity contribution is -0.125. The Morgan fingerprint density at radius 3 is 0.730 bits per heavy atom. The molecule has 8 amide bonds. The number of nitrogens with zero attached hydrogens (tertiary/aromatic N) is 16. The first-order chi connectivity index (χ1) is 71.4. The second-order valence-electron chi connectivity index (χ2n) is 42.7. The summed E-state index contributed by atoms with van der Waals surface area (Å²) < 4.78 is 8.09. The molecular formula is C120H156N20O8. The molecule has 16 rings (SSSR count). The lowest BCUT2D eigenvalue weighted by Gasteiger charge is -2.29.